The van der Waals surface area contributed by atoms with Crippen molar-refractivity contribution in [3.05, 3.63) is 23.3 Å². The van der Waals surface area contributed by atoms with Crippen molar-refractivity contribution in [2.45, 2.75) is 81.5 Å². The molecule has 0 unspecified atom stereocenters. The summed E-state index contributed by atoms with van der Waals surface area (Å²) in [5.41, 5.74) is 0.984. The first-order chi connectivity index (χ1) is 15.2. The third-order valence-electron chi connectivity index (χ3n) is 11.4. The van der Waals surface area contributed by atoms with E-state index in [1.165, 1.54) is 24.9 Å². The lowest BCUT2D eigenvalue weighted by atomic mass is 9.43. The summed E-state index contributed by atoms with van der Waals surface area (Å²) in [6, 6.07) is 4.63. The average molecular weight is 440 g/mol. The molecular weight excluding hydrogens is 402 g/mol. The highest BCUT2D eigenvalue weighted by molar-refractivity contribution is 5.63. The summed E-state index contributed by atoms with van der Waals surface area (Å²) < 4.78 is 12.0. The first-order valence-corrected chi connectivity index (χ1v) is 12.6. The fourth-order valence-electron chi connectivity index (χ4n) is 10.3. The van der Waals surface area contributed by atoms with Crippen molar-refractivity contribution < 1.29 is 19.7 Å². The van der Waals surface area contributed by atoms with Gasteiger partial charge in [-0.15, -0.1) is 0 Å². The zero-order chi connectivity index (χ0) is 22.3. The Hall–Kier alpha value is -1.30. The van der Waals surface area contributed by atoms with Crippen LogP contribution in [0, 0.1) is 22.7 Å². The molecule has 6 atom stereocenters. The lowest BCUT2D eigenvalue weighted by Crippen LogP contribution is -2.70. The van der Waals surface area contributed by atoms with Crippen LogP contribution in [0.2, 0.25) is 0 Å². The number of methoxy groups -OCH3 is 2. The van der Waals surface area contributed by atoms with Crippen LogP contribution in [0.15, 0.2) is 12.1 Å². The quantitative estimate of drug-likeness (QED) is 0.734. The zero-order valence-electron chi connectivity index (χ0n) is 19.9. The molecule has 8 rings (SSSR count). The van der Waals surface area contributed by atoms with E-state index in [-0.39, 0.29) is 27.8 Å². The third-order valence-corrected chi connectivity index (χ3v) is 11.4. The monoisotopic (exact) mass is 439 g/mol. The highest BCUT2D eigenvalue weighted by atomic mass is 16.5. The van der Waals surface area contributed by atoms with E-state index in [4.69, 9.17) is 9.47 Å². The van der Waals surface area contributed by atoms with Gasteiger partial charge >= 0.3 is 0 Å². The minimum Gasteiger partial charge on any atom is -0.504 e. The Morgan fingerprint density at radius 3 is 2.59 bits per heavy atom. The van der Waals surface area contributed by atoms with E-state index in [9.17, 15) is 10.2 Å². The summed E-state index contributed by atoms with van der Waals surface area (Å²) in [5, 5.41) is 23.2. The molecular formula is C27H37NO4. The average Bonchev–Trinajstić information content (AvgIpc) is 3.65. The number of nitrogens with zero attached hydrogens (tertiary/aromatic N) is 1. The number of phenols is 1. The summed E-state index contributed by atoms with van der Waals surface area (Å²) in [5.74, 6) is 2.03. The predicted octanol–water partition coefficient (Wildman–Crippen LogP) is 3.64. The minimum atomic E-state index is -0.823. The Labute approximate surface area is 191 Å². The van der Waals surface area contributed by atoms with Gasteiger partial charge in [0, 0.05) is 42.0 Å². The van der Waals surface area contributed by atoms with Gasteiger partial charge in [-0.2, -0.15) is 0 Å². The van der Waals surface area contributed by atoms with Crippen LogP contribution in [0.5, 0.6) is 11.5 Å². The van der Waals surface area contributed by atoms with Crippen molar-refractivity contribution >= 4 is 0 Å². The Kier molecular flexibility index (Phi) is 3.56. The molecule has 5 nitrogen and oxygen atoms in total. The van der Waals surface area contributed by atoms with Gasteiger partial charge < -0.3 is 19.7 Å². The Bertz CT molecular complexity index is 1010. The molecule has 0 amide bonds. The van der Waals surface area contributed by atoms with Crippen LogP contribution < -0.4 is 4.74 Å². The number of hydrogen-bond donors (Lipinski definition) is 2. The van der Waals surface area contributed by atoms with Crippen molar-refractivity contribution in [2.24, 2.45) is 22.7 Å². The fraction of sp³-hybridized carbons (Fsp3) is 0.778. The molecule has 1 spiro atoms. The van der Waals surface area contributed by atoms with Crippen LogP contribution in [0.3, 0.4) is 0 Å². The van der Waals surface area contributed by atoms with Crippen LogP contribution in [0.1, 0.15) is 63.5 Å². The maximum absolute atomic E-state index is 11.7. The molecule has 1 aromatic rings. The lowest BCUT2D eigenvalue weighted by molar-refractivity contribution is -0.167. The molecule has 1 aromatic carbocycles. The van der Waals surface area contributed by atoms with Gasteiger partial charge in [-0.1, -0.05) is 6.07 Å². The summed E-state index contributed by atoms with van der Waals surface area (Å²) in [6.45, 7) is 6.31. The number of hydrogen-bond acceptors (Lipinski definition) is 5. The van der Waals surface area contributed by atoms with Crippen LogP contribution >= 0.6 is 0 Å². The molecule has 1 aliphatic heterocycles. The van der Waals surface area contributed by atoms with E-state index in [1.54, 1.807) is 7.11 Å². The van der Waals surface area contributed by atoms with Crippen molar-refractivity contribution in [1.82, 2.24) is 4.90 Å². The number of benzene rings is 1. The van der Waals surface area contributed by atoms with E-state index in [2.05, 4.69) is 11.0 Å². The Morgan fingerprint density at radius 2 is 1.94 bits per heavy atom. The molecule has 0 radical (unpaired) electrons. The van der Waals surface area contributed by atoms with Crippen molar-refractivity contribution in [3.8, 4) is 11.5 Å². The fourth-order valence-corrected chi connectivity index (χ4v) is 10.3. The number of ether oxygens (including phenoxy) is 2. The third kappa shape index (κ3) is 1.83. The molecule has 0 aromatic heterocycles. The number of fused-ring (bicyclic) bond motifs is 2. The molecule has 6 aliphatic carbocycles. The number of piperidine rings is 1. The first-order valence-electron chi connectivity index (χ1n) is 12.6. The van der Waals surface area contributed by atoms with Crippen LogP contribution in [0.25, 0.3) is 0 Å². The van der Waals surface area contributed by atoms with Gasteiger partial charge in [-0.3, -0.25) is 4.90 Å². The molecule has 2 N–H and O–H groups in total. The number of phenolic OH excluding ortho intramolecular Hbond substituents is 1. The normalized spacial score (nSPS) is 45.9. The molecule has 5 heteroatoms. The molecule has 174 valence electrons. The van der Waals surface area contributed by atoms with Gasteiger partial charge in [0.2, 0.25) is 0 Å². The van der Waals surface area contributed by atoms with Crippen molar-refractivity contribution in [2.75, 3.05) is 27.3 Å². The van der Waals surface area contributed by atoms with Crippen molar-refractivity contribution in [3.63, 3.8) is 0 Å². The number of aromatic hydroxyl groups is 1. The van der Waals surface area contributed by atoms with E-state index in [1.807, 2.05) is 27.0 Å². The summed E-state index contributed by atoms with van der Waals surface area (Å²) in [6.07, 6.45) is 7.93. The van der Waals surface area contributed by atoms with Gasteiger partial charge in [0.15, 0.2) is 11.5 Å². The molecule has 6 bridgehead atoms. The van der Waals surface area contributed by atoms with Crippen LogP contribution in [-0.4, -0.2) is 59.7 Å². The largest absolute Gasteiger partial charge is 0.504 e. The van der Waals surface area contributed by atoms with Crippen LogP contribution in [-0.2, 0) is 16.6 Å². The molecule has 5 saturated carbocycles. The minimum absolute atomic E-state index is 0.0852. The second-order valence-corrected chi connectivity index (χ2v) is 12.4. The highest BCUT2D eigenvalue weighted by Gasteiger charge is 2.97. The van der Waals surface area contributed by atoms with Gasteiger partial charge in [0.05, 0.1) is 18.3 Å². The molecule has 7 aliphatic rings. The summed E-state index contributed by atoms with van der Waals surface area (Å²) in [7, 11) is 3.50. The number of aliphatic hydroxyl groups is 1. The van der Waals surface area contributed by atoms with Gasteiger partial charge in [0.1, 0.15) is 0 Å². The maximum atomic E-state index is 11.7. The SMILES string of the molecule is COc1ccc2c(c1O)[C@]13CCN(CC4CC4)[C@H](C2)[C@]12CC[C@]1(OC)[C@@H]3[C@@]1(C(C)(C)O)C2. The highest BCUT2D eigenvalue weighted by Crippen LogP contribution is 2.94. The van der Waals surface area contributed by atoms with E-state index in [0.29, 0.717) is 17.5 Å². The topological polar surface area (TPSA) is 62.2 Å². The predicted molar refractivity (Wildman–Crippen MR) is 121 cm³/mol. The first kappa shape index (κ1) is 20.1. The molecule has 1 saturated heterocycles. The van der Waals surface area contributed by atoms with Gasteiger partial charge in [-0.05, 0) is 88.3 Å². The maximum Gasteiger partial charge on any atom is 0.161 e. The number of rotatable bonds is 5. The van der Waals surface area contributed by atoms with Gasteiger partial charge in [0.25, 0.3) is 0 Å². The number of likely N-dealkylation sites (tertiary alicyclic amines) is 1. The van der Waals surface area contributed by atoms with E-state index < -0.39 is 5.60 Å². The second-order valence-electron chi connectivity index (χ2n) is 12.4. The standard InChI is InChI=1S/C27H37NO4/c1-23(2,30)26-15-24-9-10-27(26,32-4)22(26)25(24)11-12-28(14-16-5-6-16)19(24)13-17-7-8-18(31-3)21(29)20(17)25/h7-8,16,19,22,29-30H,5-6,9-15H2,1-4H3/t19-,22+,24-,25+,26-,27+/m1/s1. The van der Waals surface area contributed by atoms with Crippen molar-refractivity contribution in [1.29, 1.82) is 0 Å². The Morgan fingerprint density at radius 1 is 1.16 bits per heavy atom. The van der Waals surface area contributed by atoms with Gasteiger partial charge in [-0.25, -0.2) is 0 Å². The summed E-state index contributed by atoms with van der Waals surface area (Å²) in [4.78, 5) is 2.81. The lowest BCUT2D eigenvalue weighted by Gasteiger charge is -2.67. The molecule has 6 fully saturated rings. The smallest absolute Gasteiger partial charge is 0.161 e. The van der Waals surface area contributed by atoms with E-state index in [0.717, 1.165) is 50.1 Å². The summed E-state index contributed by atoms with van der Waals surface area (Å²) >= 11 is 0. The second kappa shape index (κ2) is 5.67. The van der Waals surface area contributed by atoms with Crippen LogP contribution in [0.4, 0.5) is 0 Å². The zero-order valence-corrected chi connectivity index (χ0v) is 19.9. The molecule has 1 heterocycles. The molecule has 32 heavy (non-hydrogen) atoms. The van der Waals surface area contributed by atoms with E-state index >= 15 is 0 Å². The Balaban J connectivity index is 1.50.